The van der Waals surface area contributed by atoms with Gasteiger partial charge in [-0.25, -0.2) is 0 Å². The molecule has 0 aliphatic carbocycles. The fourth-order valence-corrected chi connectivity index (χ4v) is 2.26. The molecule has 6 heteroatoms. The molecular formula is C15H16N2O4. The van der Waals surface area contributed by atoms with Crippen LogP contribution in [0, 0.1) is 13.8 Å². The first-order chi connectivity index (χ1) is 9.91. The molecule has 0 fully saturated rings. The third-order valence-electron chi connectivity index (χ3n) is 3.31. The van der Waals surface area contributed by atoms with E-state index in [9.17, 15) is 14.4 Å². The highest BCUT2D eigenvalue weighted by Gasteiger charge is 2.11. The number of rotatable bonds is 4. The van der Waals surface area contributed by atoms with Crippen LogP contribution in [0.3, 0.4) is 0 Å². The van der Waals surface area contributed by atoms with Gasteiger partial charge in [0.15, 0.2) is 0 Å². The molecule has 0 saturated heterocycles. The van der Waals surface area contributed by atoms with Gasteiger partial charge in [-0.1, -0.05) is 18.2 Å². The topological polar surface area (TPSA) is 81.3 Å². The summed E-state index contributed by atoms with van der Waals surface area (Å²) in [5.41, 5.74) is 1.06. The number of carboxylic acid groups (broad SMARTS) is 1. The lowest BCUT2D eigenvalue weighted by atomic mass is 10.1. The van der Waals surface area contributed by atoms with Gasteiger partial charge in [0.2, 0.25) is 0 Å². The molecule has 1 heterocycles. The Bertz CT molecular complexity index is 782. The molecule has 110 valence electrons. The van der Waals surface area contributed by atoms with E-state index in [-0.39, 0.29) is 13.0 Å². The van der Waals surface area contributed by atoms with E-state index in [1.54, 1.807) is 0 Å². The van der Waals surface area contributed by atoms with E-state index in [0.717, 1.165) is 15.7 Å². The maximum absolute atomic E-state index is 12.2. The van der Waals surface area contributed by atoms with Crippen molar-refractivity contribution in [1.82, 2.24) is 9.13 Å². The molecule has 0 aliphatic rings. The van der Waals surface area contributed by atoms with E-state index in [1.165, 1.54) is 17.0 Å². The molecule has 0 bridgehead atoms. The van der Waals surface area contributed by atoms with Crippen molar-refractivity contribution in [1.29, 1.82) is 0 Å². The summed E-state index contributed by atoms with van der Waals surface area (Å²) >= 11 is 0. The maximum atomic E-state index is 12.2. The van der Waals surface area contributed by atoms with Crippen molar-refractivity contribution in [2.75, 3.05) is 0 Å². The lowest BCUT2D eigenvalue weighted by Gasteiger charge is -2.13. The number of hydrogen-bond donors (Lipinski definition) is 1. The van der Waals surface area contributed by atoms with Gasteiger partial charge in [0.25, 0.3) is 0 Å². The molecule has 1 aromatic carbocycles. The number of para-hydroxylation sites is 1. The van der Waals surface area contributed by atoms with E-state index in [1.807, 2.05) is 32.0 Å². The van der Waals surface area contributed by atoms with Gasteiger partial charge in [-0.3, -0.25) is 19.0 Å². The van der Waals surface area contributed by atoms with Crippen molar-refractivity contribution >= 4 is 5.97 Å². The van der Waals surface area contributed by atoms with Crippen LogP contribution < -0.4 is 11.1 Å². The number of nitrogens with zero attached hydrogens (tertiary/aromatic N) is 2. The Labute approximate surface area is 120 Å². The normalized spacial score (nSPS) is 10.6. The Morgan fingerprint density at radius 3 is 2.29 bits per heavy atom. The molecule has 2 aromatic rings. The molecule has 0 radical (unpaired) electrons. The van der Waals surface area contributed by atoms with Gasteiger partial charge in [0.05, 0.1) is 12.1 Å². The second-order valence-electron chi connectivity index (χ2n) is 4.86. The molecule has 1 aromatic heterocycles. The van der Waals surface area contributed by atoms with E-state index >= 15 is 0 Å². The smallest absolute Gasteiger partial charge is 0.320 e. The monoisotopic (exact) mass is 288 g/mol. The van der Waals surface area contributed by atoms with Crippen molar-refractivity contribution in [3.05, 3.63) is 62.4 Å². The molecule has 0 aliphatic heterocycles. The molecule has 2 rings (SSSR count). The first-order valence-electron chi connectivity index (χ1n) is 6.52. The molecule has 0 saturated carbocycles. The van der Waals surface area contributed by atoms with Gasteiger partial charge in [-0.05, 0) is 25.0 Å². The second kappa shape index (κ2) is 5.78. The number of carbonyl (C=O) groups is 1. The van der Waals surface area contributed by atoms with Crippen LogP contribution in [0.15, 0.2) is 40.2 Å². The lowest BCUT2D eigenvalue weighted by molar-refractivity contribution is -0.137. The number of carboxylic acids is 1. The van der Waals surface area contributed by atoms with Crippen LogP contribution in [0.2, 0.25) is 0 Å². The Hall–Kier alpha value is -2.63. The Kier molecular flexibility index (Phi) is 4.07. The third kappa shape index (κ3) is 2.94. The first-order valence-corrected chi connectivity index (χ1v) is 6.52. The van der Waals surface area contributed by atoms with Gasteiger partial charge in [-0.15, -0.1) is 0 Å². The predicted octanol–water partition coefficient (Wildman–Crippen LogP) is 1.09. The zero-order valence-corrected chi connectivity index (χ0v) is 11.9. The minimum Gasteiger partial charge on any atom is -0.481 e. The first kappa shape index (κ1) is 14.8. The summed E-state index contributed by atoms with van der Waals surface area (Å²) in [6.07, 6.45) is 2.74. The molecule has 0 amide bonds. The number of aryl methyl sites for hydroxylation is 3. The van der Waals surface area contributed by atoms with Crippen LogP contribution in [-0.2, 0) is 11.3 Å². The van der Waals surface area contributed by atoms with Crippen LogP contribution in [0.5, 0.6) is 0 Å². The van der Waals surface area contributed by atoms with Gasteiger partial charge in [0.1, 0.15) is 0 Å². The zero-order valence-electron chi connectivity index (χ0n) is 11.9. The van der Waals surface area contributed by atoms with Crippen LogP contribution in [-0.4, -0.2) is 20.2 Å². The highest BCUT2D eigenvalue weighted by atomic mass is 16.4. The Morgan fingerprint density at radius 1 is 1.10 bits per heavy atom. The average Bonchev–Trinajstić information content (AvgIpc) is 2.42. The van der Waals surface area contributed by atoms with Crippen molar-refractivity contribution < 1.29 is 9.90 Å². The summed E-state index contributed by atoms with van der Waals surface area (Å²) in [5.74, 6) is -1.01. The molecule has 6 nitrogen and oxygen atoms in total. The zero-order chi connectivity index (χ0) is 15.6. The lowest BCUT2D eigenvalue weighted by Crippen LogP contribution is -2.40. The number of hydrogen-bond acceptors (Lipinski definition) is 3. The van der Waals surface area contributed by atoms with E-state index in [2.05, 4.69) is 0 Å². The Balaban J connectivity index is 2.54. The second-order valence-corrected chi connectivity index (χ2v) is 4.86. The summed E-state index contributed by atoms with van der Waals surface area (Å²) in [6, 6.07) is 5.61. The van der Waals surface area contributed by atoms with Gasteiger partial charge < -0.3 is 9.67 Å². The number of aliphatic carboxylic acids is 1. The molecule has 0 spiro atoms. The molecule has 0 atom stereocenters. The van der Waals surface area contributed by atoms with Crippen LogP contribution in [0.25, 0.3) is 5.69 Å². The summed E-state index contributed by atoms with van der Waals surface area (Å²) in [7, 11) is 0. The van der Waals surface area contributed by atoms with E-state index in [0.29, 0.717) is 5.69 Å². The van der Waals surface area contributed by atoms with Crippen LogP contribution >= 0.6 is 0 Å². The quantitative estimate of drug-likeness (QED) is 0.854. The molecule has 1 N–H and O–H groups in total. The minimum absolute atomic E-state index is 0.0169. The summed E-state index contributed by atoms with van der Waals surface area (Å²) < 4.78 is 2.44. The Morgan fingerprint density at radius 2 is 1.71 bits per heavy atom. The predicted molar refractivity (Wildman–Crippen MR) is 78.0 cm³/mol. The van der Waals surface area contributed by atoms with Crippen molar-refractivity contribution in [2.24, 2.45) is 0 Å². The van der Waals surface area contributed by atoms with Crippen molar-refractivity contribution in [2.45, 2.75) is 26.8 Å². The van der Waals surface area contributed by atoms with Crippen LogP contribution in [0.1, 0.15) is 17.5 Å². The van der Waals surface area contributed by atoms with Crippen LogP contribution in [0.4, 0.5) is 0 Å². The minimum atomic E-state index is -1.01. The molecule has 21 heavy (non-hydrogen) atoms. The van der Waals surface area contributed by atoms with E-state index in [4.69, 9.17) is 5.11 Å². The largest absolute Gasteiger partial charge is 0.481 e. The van der Waals surface area contributed by atoms with Crippen molar-refractivity contribution in [3.8, 4) is 5.69 Å². The molecule has 0 unspecified atom stereocenters. The highest BCUT2D eigenvalue weighted by Crippen LogP contribution is 2.16. The summed E-state index contributed by atoms with van der Waals surface area (Å²) in [6.45, 7) is 3.71. The van der Waals surface area contributed by atoms with Gasteiger partial charge in [-0.2, -0.15) is 0 Å². The number of aromatic nitrogens is 2. The van der Waals surface area contributed by atoms with Crippen molar-refractivity contribution in [3.63, 3.8) is 0 Å². The number of benzene rings is 1. The third-order valence-corrected chi connectivity index (χ3v) is 3.31. The van der Waals surface area contributed by atoms with Gasteiger partial charge in [0, 0.05) is 18.9 Å². The fraction of sp³-hybridized carbons (Fsp3) is 0.267. The average molecular weight is 288 g/mol. The highest BCUT2D eigenvalue weighted by molar-refractivity contribution is 5.66. The summed E-state index contributed by atoms with van der Waals surface area (Å²) in [5, 5.41) is 8.64. The van der Waals surface area contributed by atoms with Gasteiger partial charge >= 0.3 is 17.1 Å². The fourth-order valence-electron chi connectivity index (χ4n) is 2.26. The SMILES string of the molecule is Cc1cccc(C)c1-n1ccn(CCC(=O)O)c(=O)c1=O. The standard InChI is InChI=1S/C15H16N2O4/c1-10-4-3-5-11(2)13(10)17-9-8-16(7-6-12(18)19)14(20)15(17)21/h3-5,8-9H,6-7H2,1-2H3,(H,18,19). The maximum Gasteiger partial charge on any atom is 0.320 e. The molecular weight excluding hydrogens is 272 g/mol. The van der Waals surface area contributed by atoms with E-state index < -0.39 is 17.1 Å². The summed E-state index contributed by atoms with van der Waals surface area (Å²) in [4.78, 5) is 34.8.